The molecule has 1 unspecified atom stereocenters. The standard InChI is InChI=1S/C16H27N5O2S/c1-5-23-10-13-20-14-15(11(2)12(3)19-16(14)17)21(13)8-6-7-9-24(22)18-4/h18H,5-10H2,1-4H3,(H2,17,19). The molecule has 0 saturated carbocycles. The van der Waals surface area contributed by atoms with Gasteiger partial charge >= 0.3 is 0 Å². The lowest BCUT2D eigenvalue weighted by molar-refractivity contribution is 0.126. The minimum Gasteiger partial charge on any atom is -0.382 e. The van der Waals surface area contributed by atoms with Crippen molar-refractivity contribution in [2.24, 2.45) is 0 Å². The van der Waals surface area contributed by atoms with Gasteiger partial charge in [-0.25, -0.2) is 18.9 Å². The summed E-state index contributed by atoms with van der Waals surface area (Å²) in [6.45, 7) is 7.85. The monoisotopic (exact) mass is 353 g/mol. The number of fused-ring (bicyclic) bond motifs is 1. The van der Waals surface area contributed by atoms with E-state index in [1.54, 1.807) is 7.05 Å². The van der Waals surface area contributed by atoms with Crippen LogP contribution in [0.1, 0.15) is 36.8 Å². The van der Waals surface area contributed by atoms with E-state index < -0.39 is 11.0 Å². The van der Waals surface area contributed by atoms with Crippen LogP contribution in [-0.4, -0.2) is 38.2 Å². The van der Waals surface area contributed by atoms with Crippen LogP contribution in [-0.2, 0) is 28.9 Å². The fraction of sp³-hybridized carbons (Fsp3) is 0.625. The number of unbranched alkanes of at least 4 members (excludes halogenated alkanes) is 1. The molecular formula is C16H27N5O2S. The van der Waals surface area contributed by atoms with Crippen molar-refractivity contribution in [3.05, 3.63) is 17.1 Å². The summed E-state index contributed by atoms with van der Waals surface area (Å²) in [5.74, 6) is 1.97. The van der Waals surface area contributed by atoms with Crippen LogP contribution < -0.4 is 10.5 Å². The highest BCUT2D eigenvalue weighted by Gasteiger charge is 2.17. The van der Waals surface area contributed by atoms with Crippen molar-refractivity contribution in [3.63, 3.8) is 0 Å². The molecule has 24 heavy (non-hydrogen) atoms. The van der Waals surface area contributed by atoms with Gasteiger partial charge in [-0.15, -0.1) is 0 Å². The quantitative estimate of drug-likeness (QED) is 0.671. The number of hydrogen-bond acceptors (Lipinski definition) is 5. The summed E-state index contributed by atoms with van der Waals surface area (Å²) < 4.78 is 22.0. The smallest absolute Gasteiger partial charge is 0.151 e. The molecule has 1 atom stereocenters. The van der Waals surface area contributed by atoms with Crippen molar-refractivity contribution in [3.8, 4) is 0 Å². The van der Waals surface area contributed by atoms with Gasteiger partial charge in [-0.05, 0) is 46.2 Å². The van der Waals surface area contributed by atoms with Gasteiger partial charge in [-0.3, -0.25) is 0 Å². The normalized spacial score (nSPS) is 12.8. The Balaban J connectivity index is 2.31. The Bertz CT molecular complexity index is 729. The molecule has 2 rings (SSSR count). The van der Waals surface area contributed by atoms with Gasteiger partial charge in [0.15, 0.2) is 5.82 Å². The molecule has 2 heterocycles. The number of pyridine rings is 1. The predicted molar refractivity (Wildman–Crippen MR) is 98.0 cm³/mol. The first-order chi connectivity index (χ1) is 11.5. The second-order valence-electron chi connectivity index (χ2n) is 5.68. The number of ether oxygens (including phenoxy) is 1. The van der Waals surface area contributed by atoms with Crippen molar-refractivity contribution in [2.45, 2.75) is 46.8 Å². The van der Waals surface area contributed by atoms with Gasteiger partial charge in [0.2, 0.25) is 0 Å². The first-order valence-electron chi connectivity index (χ1n) is 8.24. The molecule has 8 heteroatoms. The zero-order valence-electron chi connectivity index (χ0n) is 14.9. The molecule has 0 radical (unpaired) electrons. The Kier molecular flexibility index (Phi) is 6.70. The fourth-order valence-corrected chi connectivity index (χ4v) is 3.37. The number of aromatic nitrogens is 3. The van der Waals surface area contributed by atoms with Crippen LogP contribution in [0.25, 0.3) is 11.0 Å². The molecule has 3 N–H and O–H groups in total. The van der Waals surface area contributed by atoms with Crippen molar-refractivity contribution in [1.29, 1.82) is 0 Å². The molecule has 0 spiro atoms. The zero-order chi connectivity index (χ0) is 17.7. The number of nitrogens with zero attached hydrogens (tertiary/aromatic N) is 3. The maximum Gasteiger partial charge on any atom is 0.151 e. The molecule has 2 aromatic rings. The number of rotatable bonds is 9. The third kappa shape index (κ3) is 4.12. The summed E-state index contributed by atoms with van der Waals surface area (Å²) in [4.78, 5) is 9.04. The third-order valence-electron chi connectivity index (χ3n) is 4.10. The Morgan fingerprint density at radius 2 is 2.04 bits per heavy atom. The van der Waals surface area contributed by atoms with Gasteiger partial charge in [0.25, 0.3) is 0 Å². The molecule has 7 nitrogen and oxygen atoms in total. The van der Waals surface area contributed by atoms with E-state index >= 15 is 0 Å². The summed E-state index contributed by atoms with van der Waals surface area (Å²) in [5.41, 5.74) is 9.86. The number of anilines is 1. The van der Waals surface area contributed by atoms with Gasteiger partial charge in [-0.1, -0.05) is 0 Å². The Hall–Kier alpha value is -1.51. The summed E-state index contributed by atoms with van der Waals surface area (Å²) in [6.07, 6.45) is 1.79. The molecular weight excluding hydrogens is 326 g/mol. The van der Waals surface area contributed by atoms with Crippen molar-refractivity contribution in [2.75, 3.05) is 25.1 Å². The molecule has 0 saturated heterocycles. The predicted octanol–water partition coefficient (Wildman–Crippen LogP) is 1.83. The summed E-state index contributed by atoms with van der Waals surface area (Å²) in [5, 5.41) is 0. The van der Waals surface area contributed by atoms with Crippen LogP contribution in [0.2, 0.25) is 0 Å². The van der Waals surface area contributed by atoms with E-state index in [2.05, 4.69) is 19.3 Å². The van der Waals surface area contributed by atoms with E-state index in [-0.39, 0.29) is 0 Å². The average molecular weight is 353 g/mol. The Labute approximate surface area is 145 Å². The fourth-order valence-electron chi connectivity index (χ4n) is 2.70. The first kappa shape index (κ1) is 18.8. The van der Waals surface area contributed by atoms with Gasteiger partial charge in [0, 0.05) is 24.6 Å². The van der Waals surface area contributed by atoms with Gasteiger partial charge in [0.05, 0.1) is 16.5 Å². The van der Waals surface area contributed by atoms with Crippen LogP contribution >= 0.6 is 0 Å². The highest BCUT2D eigenvalue weighted by atomic mass is 32.2. The minimum absolute atomic E-state index is 0.450. The second kappa shape index (κ2) is 8.55. The SMILES string of the molecule is CCOCc1nc2c(N)nc(C)c(C)c2n1CCCCS(=O)NC. The van der Waals surface area contributed by atoms with Crippen molar-refractivity contribution < 1.29 is 8.95 Å². The van der Waals surface area contributed by atoms with Crippen LogP contribution in [0, 0.1) is 13.8 Å². The third-order valence-corrected chi connectivity index (χ3v) is 5.21. The van der Waals surface area contributed by atoms with Gasteiger partial charge in [0.1, 0.15) is 17.9 Å². The van der Waals surface area contributed by atoms with Crippen molar-refractivity contribution >= 4 is 27.8 Å². The molecule has 0 bridgehead atoms. The number of hydrogen-bond donors (Lipinski definition) is 2. The number of aryl methyl sites for hydroxylation is 3. The zero-order valence-corrected chi connectivity index (χ0v) is 15.7. The Morgan fingerprint density at radius 1 is 1.29 bits per heavy atom. The lowest BCUT2D eigenvalue weighted by Gasteiger charge is -2.12. The second-order valence-corrected chi connectivity index (χ2v) is 7.19. The summed E-state index contributed by atoms with van der Waals surface area (Å²) in [6, 6.07) is 0. The van der Waals surface area contributed by atoms with E-state index in [0.717, 1.165) is 47.5 Å². The number of imidazole rings is 1. The van der Waals surface area contributed by atoms with E-state index in [1.165, 1.54) is 0 Å². The highest BCUT2D eigenvalue weighted by molar-refractivity contribution is 7.82. The molecule has 134 valence electrons. The van der Waals surface area contributed by atoms with Gasteiger partial charge in [-0.2, -0.15) is 0 Å². The van der Waals surface area contributed by atoms with E-state index in [4.69, 9.17) is 10.5 Å². The molecule has 0 aromatic carbocycles. The van der Waals surface area contributed by atoms with Gasteiger partial charge < -0.3 is 15.0 Å². The number of nitrogens with two attached hydrogens (primary N) is 1. The molecule has 2 aromatic heterocycles. The highest BCUT2D eigenvalue weighted by Crippen LogP contribution is 2.26. The molecule has 0 fully saturated rings. The Morgan fingerprint density at radius 3 is 2.71 bits per heavy atom. The first-order valence-corrected chi connectivity index (χ1v) is 9.56. The largest absolute Gasteiger partial charge is 0.382 e. The molecule has 0 aliphatic rings. The molecule has 0 aliphatic heterocycles. The molecule has 0 aliphatic carbocycles. The topological polar surface area (TPSA) is 95.1 Å². The van der Waals surface area contributed by atoms with Crippen LogP contribution in [0.4, 0.5) is 5.82 Å². The average Bonchev–Trinajstić information content (AvgIpc) is 2.93. The number of nitrogen functional groups attached to an aromatic ring is 1. The van der Waals surface area contributed by atoms with E-state index in [9.17, 15) is 4.21 Å². The minimum atomic E-state index is -0.954. The van der Waals surface area contributed by atoms with Crippen LogP contribution in [0.15, 0.2) is 0 Å². The number of nitrogens with one attached hydrogen (secondary N) is 1. The lowest BCUT2D eigenvalue weighted by atomic mass is 10.2. The van der Waals surface area contributed by atoms with E-state index in [1.807, 2.05) is 20.8 Å². The van der Waals surface area contributed by atoms with Crippen LogP contribution in [0.3, 0.4) is 0 Å². The van der Waals surface area contributed by atoms with E-state index in [0.29, 0.717) is 24.8 Å². The maximum absolute atomic E-state index is 11.5. The van der Waals surface area contributed by atoms with Crippen molar-refractivity contribution in [1.82, 2.24) is 19.3 Å². The lowest BCUT2D eigenvalue weighted by Crippen LogP contribution is -2.14. The molecule has 0 amide bonds. The summed E-state index contributed by atoms with van der Waals surface area (Å²) >= 11 is 0. The maximum atomic E-state index is 11.5. The summed E-state index contributed by atoms with van der Waals surface area (Å²) in [7, 11) is 0.756. The van der Waals surface area contributed by atoms with Crippen LogP contribution in [0.5, 0.6) is 0 Å².